The number of aromatic amines is 1. The van der Waals surface area contributed by atoms with Crippen molar-refractivity contribution in [2.24, 2.45) is 0 Å². The van der Waals surface area contributed by atoms with Gasteiger partial charge in [0.05, 0.1) is 5.56 Å². The summed E-state index contributed by atoms with van der Waals surface area (Å²) in [6.45, 7) is 0.523. The molecule has 0 spiro atoms. The van der Waals surface area contributed by atoms with Gasteiger partial charge in [0, 0.05) is 18.8 Å². The molecule has 1 amide bonds. The Balaban J connectivity index is 1.41. The van der Waals surface area contributed by atoms with Crippen LogP contribution in [0.15, 0.2) is 96.4 Å². The van der Waals surface area contributed by atoms with Crippen LogP contribution in [0.3, 0.4) is 0 Å². The fraction of sp³-hybridized carbons (Fsp3) is 0.154. The molecule has 34 heavy (non-hydrogen) atoms. The van der Waals surface area contributed by atoms with Crippen LogP contribution >= 0.6 is 11.8 Å². The summed E-state index contributed by atoms with van der Waals surface area (Å²) >= 11 is 1.43. The highest BCUT2D eigenvalue weighted by Gasteiger charge is 2.19. The van der Waals surface area contributed by atoms with Crippen LogP contribution in [0.1, 0.15) is 27.0 Å². The maximum Gasteiger partial charge on any atom is 0.338 e. The van der Waals surface area contributed by atoms with E-state index in [1.807, 2.05) is 72.8 Å². The zero-order chi connectivity index (χ0) is 23.6. The number of ether oxygens (including phenoxy) is 1. The summed E-state index contributed by atoms with van der Waals surface area (Å²) in [7, 11) is 0. The summed E-state index contributed by atoms with van der Waals surface area (Å²) in [6, 6.07) is 26.7. The summed E-state index contributed by atoms with van der Waals surface area (Å²) in [6.07, 6.45) is 1.44. The van der Waals surface area contributed by atoms with Gasteiger partial charge in [-0.2, -0.15) is 5.10 Å². The topological polar surface area (TPSA) is 88.2 Å². The molecule has 172 valence electrons. The molecule has 1 heterocycles. The summed E-state index contributed by atoms with van der Waals surface area (Å²) in [4.78, 5) is 31.7. The molecule has 7 nitrogen and oxygen atoms in total. The number of amides is 1. The quantitative estimate of drug-likeness (QED) is 0.270. The molecule has 1 aromatic heterocycles. The molecule has 0 saturated heterocycles. The predicted molar refractivity (Wildman–Crippen MR) is 130 cm³/mol. The zero-order valence-electron chi connectivity index (χ0n) is 18.5. The normalized spacial score (nSPS) is 10.6. The second-order valence-corrected chi connectivity index (χ2v) is 8.50. The van der Waals surface area contributed by atoms with E-state index in [1.165, 1.54) is 18.1 Å². The van der Waals surface area contributed by atoms with Crippen molar-refractivity contribution in [2.45, 2.75) is 24.0 Å². The number of benzene rings is 3. The van der Waals surface area contributed by atoms with Gasteiger partial charge in [0.2, 0.25) is 0 Å². The first kappa shape index (κ1) is 23.3. The summed E-state index contributed by atoms with van der Waals surface area (Å²) in [5.74, 6) is -0.265. The molecule has 0 fully saturated rings. The van der Waals surface area contributed by atoms with Crippen molar-refractivity contribution in [1.29, 1.82) is 0 Å². The standard InChI is InChI=1S/C26H24N4O3S/c31-24(30(15-20-9-3-1-4-10-20)16-21-11-5-2-6-12-21)17-33-25(32)23-14-8-7-13-22(23)18-34-26-27-19-28-29-26/h1-14,19H,15-18H2,(H,27,28,29). The van der Waals surface area contributed by atoms with Crippen LogP contribution in [0.5, 0.6) is 0 Å². The third kappa shape index (κ3) is 6.55. The fourth-order valence-electron chi connectivity index (χ4n) is 3.39. The van der Waals surface area contributed by atoms with E-state index in [-0.39, 0.29) is 12.5 Å². The van der Waals surface area contributed by atoms with E-state index in [2.05, 4.69) is 15.2 Å². The molecular weight excluding hydrogens is 448 g/mol. The third-order valence-electron chi connectivity index (χ3n) is 5.11. The molecule has 0 atom stereocenters. The number of hydrogen-bond donors (Lipinski definition) is 1. The molecular formula is C26H24N4O3S. The van der Waals surface area contributed by atoms with Gasteiger partial charge in [-0.25, -0.2) is 9.78 Å². The third-order valence-corrected chi connectivity index (χ3v) is 6.03. The van der Waals surface area contributed by atoms with Crippen molar-refractivity contribution < 1.29 is 14.3 Å². The monoisotopic (exact) mass is 472 g/mol. The number of carbonyl (C=O) groups excluding carboxylic acids is 2. The molecule has 0 radical (unpaired) electrons. The second-order valence-electron chi connectivity index (χ2n) is 7.53. The SMILES string of the molecule is O=C(OCC(=O)N(Cc1ccccc1)Cc1ccccc1)c1ccccc1CSc1ncn[nH]1. The van der Waals surface area contributed by atoms with Crippen molar-refractivity contribution in [3.05, 3.63) is 114 Å². The van der Waals surface area contributed by atoms with Crippen molar-refractivity contribution in [2.75, 3.05) is 6.61 Å². The van der Waals surface area contributed by atoms with E-state index in [9.17, 15) is 9.59 Å². The maximum absolute atomic E-state index is 13.1. The Labute approximate surface area is 202 Å². The first-order chi connectivity index (χ1) is 16.7. The van der Waals surface area contributed by atoms with E-state index in [0.717, 1.165) is 16.7 Å². The minimum atomic E-state index is -0.526. The molecule has 3 aromatic carbocycles. The Bertz CT molecular complexity index is 1160. The van der Waals surface area contributed by atoms with Crippen LogP contribution in [0.4, 0.5) is 0 Å². The minimum Gasteiger partial charge on any atom is -0.452 e. The van der Waals surface area contributed by atoms with Crippen LogP contribution in [0.25, 0.3) is 0 Å². The fourth-order valence-corrected chi connectivity index (χ4v) is 4.17. The number of H-pyrrole nitrogens is 1. The van der Waals surface area contributed by atoms with Crippen molar-refractivity contribution in [3.63, 3.8) is 0 Å². The Kier molecular flexibility index (Phi) is 8.08. The predicted octanol–water partition coefficient (Wildman–Crippen LogP) is 4.48. The molecule has 0 saturated carbocycles. The first-order valence-corrected chi connectivity index (χ1v) is 11.8. The Morgan fingerprint density at radius 2 is 1.47 bits per heavy atom. The van der Waals surface area contributed by atoms with Gasteiger partial charge >= 0.3 is 5.97 Å². The Morgan fingerprint density at radius 1 is 0.853 bits per heavy atom. The number of aromatic nitrogens is 3. The number of esters is 1. The van der Waals surface area contributed by atoms with E-state index < -0.39 is 5.97 Å². The Hall–Kier alpha value is -3.91. The van der Waals surface area contributed by atoms with Crippen LogP contribution < -0.4 is 0 Å². The van der Waals surface area contributed by atoms with Gasteiger partial charge in [-0.3, -0.25) is 9.89 Å². The van der Waals surface area contributed by atoms with E-state index in [4.69, 9.17) is 4.74 Å². The van der Waals surface area contributed by atoms with Gasteiger partial charge in [-0.05, 0) is 22.8 Å². The number of nitrogens with zero attached hydrogens (tertiary/aromatic N) is 3. The number of hydrogen-bond acceptors (Lipinski definition) is 6. The van der Waals surface area contributed by atoms with E-state index in [1.54, 1.807) is 17.0 Å². The van der Waals surface area contributed by atoms with Crippen LogP contribution in [0, 0.1) is 0 Å². The molecule has 0 aliphatic carbocycles. The van der Waals surface area contributed by atoms with Gasteiger partial charge in [-0.1, -0.05) is 90.6 Å². The van der Waals surface area contributed by atoms with Crippen LogP contribution in [0.2, 0.25) is 0 Å². The summed E-state index contributed by atoms with van der Waals surface area (Å²) in [5.41, 5.74) is 3.24. The van der Waals surface area contributed by atoms with Crippen molar-refractivity contribution in [1.82, 2.24) is 20.1 Å². The average Bonchev–Trinajstić information content (AvgIpc) is 3.41. The molecule has 0 bridgehead atoms. The Morgan fingerprint density at radius 3 is 2.09 bits per heavy atom. The van der Waals surface area contributed by atoms with Gasteiger partial charge in [0.15, 0.2) is 11.8 Å². The number of rotatable bonds is 10. The molecule has 4 rings (SSSR count). The van der Waals surface area contributed by atoms with Gasteiger partial charge in [0.25, 0.3) is 5.91 Å². The van der Waals surface area contributed by atoms with Crippen molar-refractivity contribution in [3.8, 4) is 0 Å². The summed E-state index contributed by atoms with van der Waals surface area (Å²) in [5, 5.41) is 7.27. The lowest BCUT2D eigenvalue weighted by atomic mass is 10.1. The smallest absolute Gasteiger partial charge is 0.338 e. The van der Waals surface area contributed by atoms with Gasteiger partial charge in [0.1, 0.15) is 6.33 Å². The number of carbonyl (C=O) groups is 2. The lowest BCUT2D eigenvalue weighted by Gasteiger charge is -2.23. The lowest BCUT2D eigenvalue weighted by Crippen LogP contribution is -2.34. The van der Waals surface area contributed by atoms with Gasteiger partial charge in [-0.15, -0.1) is 0 Å². The molecule has 1 N–H and O–H groups in total. The van der Waals surface area contributed by atoms with Gasteiger partial charge < -0.3 is 9.64 Å². The zero-order valence-corrected chi connectivity index (χ0v) is 19.3. The number of thioether (sulfide) groups is 1. The molecule has 0 aliphatic heterocycles. The second kappa shape index (κ2) is 11.8. The van der Waals surface area contributed by atoms with Crippen LogP contribution in [-0.2, 0) is 28.4 Å². The number of nitrogens with one attached hydrogen (secondary N) is 1. The van der Waals surface area contributed by atoms with E-state index in [0.29, 0.717) is 29.6 Å². The largest absolute Gasteiger partial charge is 0.452 e. The maximum atomic E-state index is 13.1. The minimum absolute atomic E-state index is 0.255. The highest BCUT2D eigenvalue weighted by atomic mass is 32.2. The van der Waals surface area contributed by atoms with Crippen LogP contribution in [-0.4, -0.2) is 38.6 Å². The first-order valence-electron chi connectivity index (χ1n) is 10.8. The molecule has 8 heteroatoms. The molecule has 0 aliphatic rings. The highest BCUT2D eigenvalue weighted by Crippen LogP contribution is 2.21. The molecule has 4 aromatic rings. The lowest BCUT2D eigenvalue weighted by molar-refractivity contribution is -0.135. The molecule has 0 unspecified atom stereocenters. The highest BCUT2D eigenvalue weighted by molar-refractivity contribution is 7.98. The average molecular weight is 473 g/mol. The summed E-state index contributed by atoms with van der Waals surface area (Å²) < 4.78 is 5.45. The van der Waals surface area contributed by atoms with Crippen molar-refractivity contribution >= 4 is 23.6 Å². The van der Waals surface area contributed by atoms with E-state index >= 15 is 0 Å².